The highest BCUT2D eigenvalue weighted by Gasteiger charge is 2.06. The second-order valence-corrected chi connectivity index (χ2v) is 3.91. The van der Waals surface area contributed by atoms with Gasteiger partial charge in [0.2, 0.25) is 0 Å². The lowest BCUT2D eigenvalue weighted by molar-refractivity contribution is 0.468. The van der Waals surface area contributed by atoms with Gasteiger partial charge in [0, 0.05) is 0 Å². The zero-order valence-electron chi connectivity index (χ0n) is 8.37. The minimum Gasteiger partial charge on any atom is -0.508 e. The van der Waals surface area contributed by atoms with E-state index < -0.39 is 0 Å². The molecule has 0 bridgehead atoms. The average molecular weight is 188 g/mol. The van der Waals surface area contributed by atoms with Crippen molar-refractivity contribution in [1.82, 2.24) is 0 Å². The van der Waals surface area contributed by atoms with Crippen LogP contribution in [0.15, 0.2) is 35.9 Å². The molecule has 1 nitrogen and oxygen atoms in total. The highest BCUT2D eigenvalue weighted by molar-refractivity contribution is 5.35. The van der Waals surface area contributed by atoms with Crippen LogP contribution in [0.3, 0.4) is 0 Å². The number of hydrogen-bond donors (Lipinski definition) is 1. The van der Waals surface area contributed by atoms with Gasteiger partial charge in [-0.1, -0.05) is 29.8 Å². The van der Waals surface area contributed by atoms with E-state index in [1.165, 1.54) is 31.3 Å². The lowest BCUT2D eigenvalue weighted by Crippen LogP contribution is -1.96. The van der Waals surface area contributed by atoms with Crippen molar-refractivity contribution in [1.29, 1.82) is 0 Å². The highest BCUT2D eigenvalue weighted by atomic mass is 16.3. The van der Waals surface area contributed by atoms with Gasteiger partial charge in [-0.3, -0.25) is 0 Å². The third-order valence-electron chi connectivity index (χ3n) is 2.79. The summed E-state index contributed by atoms with van der Waals surface area (Å²) in [7, 11) is 0. The second kappa shape index (κ2) is 4.32. The van der Waals surface area contributed by atoms with E-state index >= 15 is 0 Å². The minimum absolute atomic E-state index is 0.430. The maximum Gasteiger partial charge on any atom is 0.119 e. The predicted molar refractivity (Wildman–Crippen MR) is 58.4 cm³/mol. The van der Waals surface area contributed by atoms with E-state index in [0.717, 1.165) is 12.0 Å². The number of para-hydroxylation sites is 1. The quantitative estimate of drug-likeness (QED) is 0.705. The Morgan fingerprint density at radius 2 is 2.00 bits per heavy atom. The van der Waals surface area contributed by atoms with Crippen LogP contribution in [-0.2, 0) is 6.42 Å². The summed E-state index contributed by atoms with van der Waals surface area (Å²) >= 11 is 0. The van der Waals surface area contributed by atoms with E-state index in [9.17, 15) is 5.11 Å². The minimum atomic E-state index is 0.430. The lowest BCUT2D eigenvalue weighted by Gasteiger charge is -2.13. The number of rotatable bonds is 2. The standard InChI is InChI=1S/C13H16O/c14-13-9-5-4-8-12(13)10-11-6-2-1-3-7-11/h4-6,8-9,14H,1-3,7,10H2. The van der Waals surface area contributed by atoms with Crippen LogP contribution in [0.25, 0.3) is 0 Å². The Morgan fingerprint density at radius 1 is 1.14 bits per heavy atom. The van der Waals surface area contributed by atoms with Crippen LogP contribution in [0.2, 0.25) is 0 Å². The molecule has 1 aromatic carbocycles. The monoisotopic (exact) mass is 188 g/mol. The molecular formula is C13H16O. The Labute approximate surface area is 85.1 Å². The molecule has 1 heteroatoms. The van der Waals surface area contributed by atoms with E-state index in [-0.39, 0.29) is 0 Å². The summed E-state index contributed by atoms with van der Waals surface area (Å²) in [6, 6.07) is 7.62. The van der Waals surface area contributed by atoms with Gasteiger partial charge in [-0.25, -0.2) is 0 Å². The van der Waals surface area contributed by atoms with Crippen LogP contribution in [0.5, 0.6) is 5.75 Å². The number of hydrogen-bond acceptors (Lipinski definition) is 1. The molecule has 0 fully saturated rings. The molecule has 1 aliphatic carbocycles. The van der Waals surface area contributed by atoms with Gasteiger partial charge in [-0.15, -0.1) is 0 Å². The number of allylic oxidation sites excluding steroid dienone is 2. The van der Waals surface area contributed by atoms with Crippen molar-refractivity contribution in [2.45, 2.75) is 32.1 Å². The van der Waals surface area contributed by atoms with Crippen molar-refractivity contribution >= 4 is 0 Å². The Bertz CT molecular complexity index is 339. The van der Waals surface area contributed by atoms with Gasteiger partial charge < -0.3 is 5.11 Å². The molecule has 1 aromatic rings. The summed E-state index contributed by atoms with van der Waals surface area (Å²) in [5.74, 6) is 0.430. The lowest BCUT2D eigenvalue weighted by atomic mass is 9.94. The van der Waals surface area contributed by atoms with Crippen LogP contribution >= 0.6 is 0 Å². The molecule has 0 saturated carbocycles. The van der Waals surface area contributed by atoms with Crippen molar-refractivity contribution in [2.24, 2.45) is 0 Å². The zero-order valence-corrected chi connectivity index (χ0v) is 8.37. The molecule has 74 valence electrons. The number of aromatic hydroxyl groups is 1. The Hall–Kier alpha value is -1.24. The third-order valence-corrected chi connectivity index (χ3v) is 2.79. The van der Waals surface area contributed by atoms with Crippen molar-refractivity contribution in [3.63, 3.8) is 0 Å². The van der Waals surface area contributed by atoms with E-state index in [4.69, 9.17) is 0 Å². The van der Waals surface area contributed by atoms with Crippen molar-refractivity contribution in [2.75, 3.05) is 0 Å². The van der Waals surface area contributed by atoms with Crippen LogP contribution in [0.1, 0.15) is 31.2 Å². The summed E-state index contributed by atoms with van der Waals surface area (Å²) in [6.45, 7) is 0. The van der Waals surface area contributed by atoms with E-state index in [2.05, 4.69) is 6.08 Å². The normalized spacial score (nSPS) is 16.4. The first-order chi connectivity index (χ1) is 6.86. The SMILES string of the molecule is Oc1ccccc1CC1=CCCCC1. The maximum atomic E-state index is 9.61. The van der Waals surface area contributed by atoms with E-state index in [1.807, 2.05) is 18.2 Å². The van der Waals surface area contributed by atoms with Crippen molar-refractivity contribution < 1.29 is 5.11 Å². The van der Waals surface area contributed by atoms with Crippen LogP contribution < -0.4 is 0 Å². The van der Waals surface area contributed by atoms with Gasteiger partial charge in [-0.2, -0.15) is 0 Å². The number of phenols is 1. The highest BCUT2D eigenvalue weighted by Crippen LogP contribution is 2.25. The zero-order chi connectivity index (χ0) is 9.80. The van der Waals surface area contributed by atoms with E-state index in [0.29, 0.717) is 5.75 Å². The van der Waals surface area contributed by atoms with Gasteiger partial charge in [-0.05, 0) is 43.7 Å². The van der Waals surface area contributed by atoms with Crippen molar-refractivity contribution in [3.8, 4) is 5.75 Å². The molecule has 0 saturated heterocycles. The smallest absolute Gasteiger partial charge is 0.119 e. The first-order valence-electron chi connectivity index (χ1n) is 5.31. The number of phenolic OH excluding ortho intramolecular Hbond substituents is 1. The molecule has 14 heavy (non-hydrogen) atoms. The summed E-state index contributed by atoms with van der Waals surface area (Å²) in [4.78, 5) is 0. The Balaban J connectivity index is 2.10. The largest absolute Gasteiger partial charge is 0.508 e. The van der Waals surface area contributed by atoms with Gasteiger partial charge in [0.15, 0.2) is 0 Å². The Kier molecular flexibility index (Phi) is 2.87. The van der Waals surface area contributed by atoms with Crippen molar-refractivity contribution in [3.05, 3.63) is 41.5 Å². The fourth-order valence-corrected chi connectivity index (χ4v) is 1.97. The molecule has 0 radical (unpaired) electrons. The summed E-state index contributed by atoms with van der Waals surface area (Å²) in [6.07, 6.45) is 8.30. The van der Waals surface area contributed by atoms with Gasteiger partial charge in [0.25, 0.3) is 0 Å². The molecular weight excluding hydrogens is 172 g/mol. The average Bonchev–Trinajstić information content (AvgIpc) is 2.23. The molecule has 0 atom stereocenters. The predicted octanol–water partition coefficient (Wildman–Crippen LogP) is 3.44. The molecule has 0 aromatic heterocycles. The molecule has 1 aliphatic rings. The van der Waals surface area contributed by atoms with Gasteiger partial charge >= 0.3 is 0 Å². The first kappa shape index (κ1) is 9.32. The molecule has 0 aliphatic heterocycles. The second-order valence-electron chi connectivity index (χ2n) is 3.91. The maximum absolute atomic E-state index is 9.61. The molecule has 0 unspecified atom stereocenters. The van der Waals surface area contributed by atoms with Gasteiger partial charge in [0.1, 0.15) is 5.75 Å². The molecule has 0 heterocycles. The van der Waals surface area contributed by atoms with Crippen LogP contribution in [0, 0.1) is 0 Å². The third kappa shape index (κ3) is 2.16. The number of benzene rings is 1. The summed E-state index contributed by atoms with van der Waals surface area (Å²) in [5.41, 5.74) is 2.54. The summed E-state index contributed by atoms with van der Waals surface area (Å²) < 4.78 is 0. The molecule has 0 spiro atoms. The topological polar surface area (TPSA) is 20.2 Å². The molecule has 0 amide bonds. The molecule has 2 rings (SSSR count). The Morgan fingerprint density at radius 3 is 2.71 bits per heavy atom. The van der Waals surface area contributed by atoms with E-state index in [1.54, 1.807) is 6.07 Å². The van der Waals surface area contributed by atoms with Gasteiger partial charge in [0.05, 0.1) is 0 Å². The van der Waals surface area contributed by atoms with Crippen LogP contribution in [0.4, 0.5) is 0 Å². The fraction of sp³-hybridized carbons (Fsp3) is 0.385. The summed E-state index contributed by atoms with van der Waals surface area (Å²) in [5, 5.41) is 9.61. The first-order valence-corrected chi connectivity index (χ1v) is 5.31. The fourth-order valence-electron chi connectivity index (χ4n) is 1.97. The molecule has 1 N–H and O–H groups in total. The van der Waals surface area contributed by atoms with Crippen LogP contribution in [-0.4, -0.2) is 5.11 Å².